The summed E-state index contributed by atoms with van der Waals surface area (Å²) >= 11 is 0. The number of hydrogen-bond acceptors (Lipinski definition) is 6. The molecule has 2 heterocycles. The van der Waals surface area contributed by atoms with Crippen LogP contribution in [-0.2, 0) is 28.7 Å². The highest BCUT2D eigenvalue weighted by molar-refractivity contribution is 6.35. The Morgan fingerprint density at radius 1 is 1.13 bits per heavy atom. The molecule has 10 nitrogen and oxygen atoms in total. The van der Waals surface area contributed by atoms with Crippen LogP contribution in [0.2, 0.25) is 0 Å². The quantitative estimate of drug-likeness (QED) is 0.299. The van der Waals surface area contributed by atoms with E-state index < -0.39 is 85.2 Å². The molecule has 1 unspecified atom stereocenters. The topological polar surface area (TPSA) is 134 Å². The second-order valence-corrected chi connectivity index (χ2v) is 10.5. The van der Waals surface area contributed by atoms with Crippen LogP contribution in [0.25, 0.3) is 0 Å². The number of halogens is 5. The Balaban J connectivity index is 1.47. The predicted molar refractivity (Wildman–Crippen MR) is 117 cm³/mol. The number of nitrogens with one attached hydrogen (secondary N) is 3. The van der Waals surface area contributed by atoms with E-state index in [9.17, 15) is 45.9 Å². The Morgan fingerprint density at radius 2 is 1.84 bits per heavy atom. The Labute approximate surface area is 214 Å². The van der Waals surface area contributed by atoms with Crippen LogP contribution in [0.3, 0.4) is 0 Å². The number of rotatable bonds is 8. The summed E-state index contributed by atoms with van der Waals surface area (Å²) < 4.78 is 67.5. The second-order valence-electron chi connectivity index (χ2n) is 10.5. The molecule has 3 N–H and O–H groups in total. The van der Waals surface area contributed by atoms with Gasteiger partial charge in [0.2, 0.25) is 11.8 Å². The summed E-state index contributed by atoms with van der Waals surface area (Å²) in [6, 6.07) is -3.55. The van der Waals surface area contributed by atoms with Crippen molar-refractivity contribution in [2.24, 2.45) is 17.8 Å². The van der Waals surface area contributed by atoms with Gasteiger partial charge in [0.15, 0.2) is 5.78 Å². The molecule has 0 aromatic rings. The summed E-state index contributed by atoms with van der Waals surface area (Å²) in [5.41, 5.74) is 0. The summed E-state index contributed by atoms with van der Waals surface area (Å²) in [5, 5.41) is 7.22. The van der Waals surface area contributed by atoms with E-state index in [1.807, 2.05) is 0 Å². The van der Waals surface area contributed by atoms with Crippen molar-refractivity contribution in [2.45, 2.75) is 75.4 Å². The van der Waals surface area contributed by atoms with E-state index in [0.29, 0.717) is 25.8 Å². The van der Waals surface area contributed by atoms with Crippen LogP contribution in [0.5, 0.6) is 0 Å². The minimum atomic E-state index is -5.08. The monoisotopic (exact) mass is 552 g/mol. The first-order valence-corrected chi connectivity index (χ1v) is 12.5. The van der Waals surface area contributed by atoms with E-state index in [0.717, 1.165) is 11.3 Å². The highest BCUT2D eigenvalue weighted by atomic mass is 19.4. The van der Waals surface area contributed by atoms with Crippen LogP contribution in [0.4, 0.5) is 22.0 Å². The molecule has 4 fully saturated rings. The predicted octanol–water partition coefficient (Wildman–Crippen LogP) is 0.644. The van der Waals surface area contributed by atoms with Crippen LogP contribution in [0, 0.1) is 17.8 Å². The lowest BCUT2D eigenvalue weighted by Gasteiger charge is -2.35. The third-order valence-electron chi connectivity index (χ3n) is 7.81. The highest BCUT2D eigenvalue weighted by Crippen LogP contribution is 2.42. The number of nitrogens with zero attached hydrogens (tertiary/aromatic N) is 1. The first-order valence-electron chi connectivity index (χ1n) is 12.5. The van der Waals surface area contributed by atoms with Gasteiger partial charge in [-0.15, -0.1) is 13.2 Å². The van der Waals surface area contributed by atoms with Gasteiger partial charge in [-0.2, -0.15) is 0 Å². The molecule has 0 bridgehead atoms. The van der Waals surface area contributed by atoms with Crippen molar-refractivity contribution in [1.29, 1.82) is 0 Å². The number of carbonyl (C=O) groups is 5. The van der Waals surface area contributed by atoms with Gasteiger partial charge in [0.05, 0.1) is 6.04 Å². The van der Waals surface area contributed by atoms with Gasteiger partial charge in [-0.1, -0.05) is 6.42 Å². The van der Waals surface area contributed by atoms with E-state index in [2.05, 4.69) is 20.7 Å². The van der Waals surface area contributed by atoms with Crippen molar-refractivity contribution in [3.8, 4) is 0 Å². The molecule has 0 radical (unpaired) electrons. The summed E-state index contributed by atoms with van der Waals surface area (Å²) in [7, 11) is 0. The minimum Gasteiger partial charge on any atom is -0.356 e. The minimum absolute atomic E-state index is 0.0661. The largest absolute Gasteiger partial charge is 0.522 e. The van der Waals surface area contributed by atoms with Gasteiger partial charge in [-0.25, -0.2) is 8.78 Å². The van der Waals surface area contributed by atoms with Crippen LogP contribution in [-0.4, -0.2) is 84.4 Å². The molecule has 5 atom stereocenters. The van der Waals surface area contributed by atoms with Gasteiger partial charge in [-0.05, 0) is 37.5 Å². The van der Waals surface area contributed by atoms with Crippen molar-refractivity contribution in [3.63, 3.8) is 0 Å². The second kappa shape index (κ2) is 10.7. The molecular weight excluding hydrogens is 523 g/mol. The third-order valence-corrected chi connectivity index (χ3v) is 7.81. The first-order chi connectivity index (χ1) is 17.7. The number of likely N-dealkylation sites (tertiary alicyclic amines) is 1. The molecule has 2 aliphatic carbocycles. The summed E-state index contributed by atoms with van der Waals surface area (Å²) in [6.45, 7) is -0.999. The Hall–Kier alpha value is -2.84. The molecule has 0 aromatic carbocycles. The van der Waals surface area contributed by atoms with Gasteiger partial charge in [0.25, 0.3) is 5.92 Å². The number of ketones is 1. The van der Waals surface area contributed by atoms with Crippen LogP contribution >= 0.6 is 0 Å². The zero-order chi connectivity index (χ0) is 27.8. The normalized spacial score (nSPS) is 29.3. The van der Waals surface area contributed by atoms with Crippen LogP contribution in [0.1, 0.15) is 44.9 Å². The highest BCUT2D eigenvalue weighted by Gasteiger charge is 2.52. The lowest BCUT2D eigenvalue weighted by Crippen LogP contribution is -2.58. The zero-order valence-electron chi connectivity index (χ0n) is 20.3. The first kappa shape index (κ1) is 28.2. The number of alkyl halides is 5. The lowest BCUT2D eigenvalue weighted by molar-refractivity contribution is -0.321. The lowest BCUT2D eigenvalue weighted by atomic mass is 9.88. The van der Waals surface area contributed by atoms with E-state index in [4.69, 9.17) is 0 Å². The van der Waals surface area contributed by atoms with Gasteiger partial charge < -0.3 is 20.9 Å². The maximum atomic E-state index is 13.4. The van der Waals surface area contributed by atoms with Crippen LogP contribution < -0.4 is 16.0 Å². The number of fused-ring (bicyclic) bond motifs is 1. The maximum absolute atomic E-state index is 13.4. The Kier molecular flexibility index (Phi) is 7.96. The van der Waals surface area contributed by atoms with E-state index >= 15 is 0 Å². The van der Waals surface area contributed by atoms with Crippen molar-refractivity contribution in [3.05, 3.63) is 0 Å². The summed E-state index contributed by atoms with van der Waals surface area (Å²) in [5.74, 6) is -8.64. The Bertz CT molecular complexity index is 984. The smallest absolute Gasteiger partial charge is 0.356 e. The number of amides is 4. The Morgan fingerprint density at radius 3 is 2.45 bits per heavy atom. The molecule has 2 saturated heterocycles. The SMILES string of the molecule is O=C(NC1CC(F)(F)C1)C(=O)N1C[C@@H]2CCC[C@@H]2[C@H]1C(=O)NC(C[C@@H]1CCNC1=O)C(=O)COC(F)(F)F. The number of Topliss-reactive ketones (excluding diaryl/α,β-unsaturated/α-hetero) is 1. The standard InChI is InChI=1S/C23H29F5N4O6/c24-22(25)7-13(8-22)30-20(36)21(37)32-9-12-2-1-3-14(12)17(32)19(35)31-15(6-11-4-5-29-18(11)34)16(33)10-38-23(26,27)28/h11-15,17H,1-10H2,(H,29,34)(H,30,36)(H,31,35)/t11-,12-,14-,15?,17-/m0/s1. The van der Waals surface area contributed by atoms with Gasteiger partial charge in [0.1, 0.15) is 12.6 Å². The summed E-state index contributed by atoms with van der Waals surface area (Å²) in [4.78, 5) is 64.6. The van der Waals surface area contributed by atoms with Crippen molar-refractivity contribution in [2.75, 3.05) is 19.7 Å². The summed E-state index contributed by atoms with van der Waals surface area (Å²) in [6.07, 6.45) is -4.24. The maximum Gasteiger partial charge on any atom is 0.522 e. The molecular formula is C23H29F5N4O6. The van der Waals surface area contributed by atoms with Crippen molar-refractivity contribution >= 4 is 29.4 Å². The average molecular weight is 552 g/mol. The molecule has 4 rings (SSSR count). The van der Waals surface area contributed by atoms with E-state index in [-0.39, 0.29) is 24.8 Å². The number of carbonyl (C=O) groups excluding carboxylic acids is 5. The van der Waals surface area contributed by atoms with Gasteiger partial charge in [-0.3, -0.25) is 28.7 Å². The molecule has 15 heteroatoms. The van der Waals surface area contributed by atoms with E-state index in [1.165, 1.54) is 0 Å². The molecule has 0 aromatic heterocycles. The number of hydrogen-bond donors (Lipinski definition) is 3. The molecule has 0 spiro atoms. The van der Waals surface area contributed by atoms with E-state index in [1.54, 1.807) is 0 Å². The molecule has 38 heavy (non-hydrogen) atoms. The third kappa shape index (κ3) is 6.41. The molecule has 212 valence electrons. The van der Waals surface area contributed by atoms with Crippen LogP contribution in [0.15, 0.2) is 0 Å². The fourth-order valence-corrected chi connectivity index (χ4v) is 5.93. The fraction of sp³-hybridized carbons (Fsp3) is 0.783. The van der Waals surface area contributed by atoms with Gasteiger partial charge >= 0.3 is 18.2 Å². The van der Waals surface area contributed by atoms with Crippen molar-refractivity contribution in [1.82, 2.24) is 20.9 Å². The van der Waals surface area contributed by atoms with Crippen molar-refractivity contribution < 1.29 is 50.7 Å². The average Bonchev–Trinajstić information content (AvgIpc) is 3.50. The fourth-order valence-electron chi connectivity index (χ4n) is 5.93. The molecule has 2 saturated carbocycles. The molecule has 2 aliphatic heterocycles. The van der Waals surface area contributed by atoms with Gasteiger partial charge in [0, 0.05) is 37.9 Å². The molecule has 4 aliphatic rings. The zero-order valence-corrected chi connectivity index (χ0v) is 20.3. The molecule has 4 amide bonds. The number of ether oxygens (including phenoxy) is 1.